The lowest BCUT2D eigenvalue weighted by Gasteiger charge is -2.65. The molecule has 12 bridgehead atoms. The van der Waals surface area contributed by atoms with Crippen molar-refractivity contribution in [2.24, 2.45) is 69.5 Å². The minimum absolute atomic E-state index is 0.0178. The molecule has 13 rings (SSSR count). The Balaban J connectivity index is 0.866. The third-order valence-corrected chi connectivity index (χ3v) is 17.1. The lowest BCUT2D eigenvalue weighted by molar-refractivity contribution is -0.397. The Morgan fingerprint density at radius 3 is 1.38 bits per heavy atom. The van der Waals surface area contributed by atoms with Crippen molar-refractivity contribution in [2.75, 3.05) is 26.4 Å². The van der Waals surface area contributed by atoms with Gasteiger partial charge in [0.2, 0.25) is 0 Å². The van der Waals surface area contributed by atoms with E-state index in [1.165, 1.54) is 38.5 Å². The minimum atomic E-state index is -6.25. The summed E-state index contributed by atoms with van der Waals surface area (Å²) in [6.45, 7) is 0.144. The van der Waals surface area contributed by atoms with Crippen molar-refractivity contribution in [3.8, 4) is 0 Å². The van der Waals surface area contributed by atoms with E-state index in [1.807, 2.05) is 0 Å². The van der Waals surface area contributed by atoms with Crippen molar-refractivity contribution in [1.82, 2.24) is 0 Å². The number of hydrogen-bond acceptors (Lipinski definition) is 11. The fourth-order valence-electron chi connectivity index (χ4n) is 15.1. The largest absolute Gasteiger partial charge is 0.743 e. The number of carbonyl (C=O) groups excluding carboxylic acids is 3. The van der Waals surface area contributed by atoms with Crippen molar-refractivity contribution in [2.45, 2.75) is 126 Å². The SMILES string of the molecule is O=C(OCC1(COC(=O)C23CC4CC(CC(C4)C2)C3)COC2(OC1)C1CC3CC2CC(OC(=O)C(F)(F)S(=O)(=O)[O-])(C3)C1)C12CC3CC(CC(C3)C1)C2. The maximum atomic E-state index is 14.2. The number of hydrogen-bond donors (Lipinski definition) is 0. The number of halogens is 2. The third kappa shape index (κ3) is 5.51. The first kappa shape index (κ1) is 35.5. The Labute approximate surface area is 309 Å². The Morgan fingerprint density at radius 1 is 0.623 bits per heavy atom. The van der Waals surface area contributed by atoms with Crippen molar-refractivity contribution in [3.63, 3.8) is 0 Å². The summed E-state index contributed by atoms with van der Waals surface area (Å²) < 4.78 is 93.3. The summed E-state index contributed by atoms with van der Waals surface area (Å²) in [7, 11) is -6.25. The van der Waals surface area contributed by atoms with Gasteiger partial charge in [0.05, 0.1) is 29.5 Å². The first-order chi connectivity index (χ1) is 25.0. The standard InChI is InChI=1S/C39H52F2O11S/c40-39(41,53(45,46)47)33(44)52-37-15-28-7-29(16-37)38(30(8-28)17-37)50-20-34(21-51-38,18-48-31(42)35-9-22-1-23(10-35)3-24(2-22)11-35)19-49-32(43)36-12-25-4-26(13-36)6-27(5-25)14-36/h22-30H,1-21H2,(H,45,46,47)/p-1. The van der Waals surface area contributed by atoms with Gasteiger partial charge in [0, 0.05) is 11.8 Å². The molecular weight excluding hydrogens is 714 g/mol. The molecule has 1 spiro atoms. The van der Waals surface area contributed by atoms with Crippen LogP contribution in [-0.4, -0.2) is 73.9 Å². The van der Waals surface area contributed by atoms with E-state index in [1.54, 1.807) is 0 Å². The zero-order valence-electron chi connectivity index (χ0n) is 30.2. The number of carbonyl (C=O) groups is 3. The van der Waals surface area contributed by atoms with E-state index in [2.05, 4.69) is 0 Å². The molecule has 2 unspecified atom stereocenters. The molecular formula is C39H51F2O11S-. The predicted octanol–water partition coefficient (Wildman–Crippen LogP) is 5.50. The maximum absolute atomic E-state index is 14.2. The summed E-state index contributed by atoms with van der Waals surface area (Å²) in [4.78, 5) is 40.5. The highest BCUT2D eigenvalue weighted by Crippen LogP contribution is 2.65. The molecule has 0 amide bonds. The molecule has 0 aromatic heterocycles. The summed E-state index contributed by atoms with van der Waals surface area (Å²) >= 11 is 0. The minimum Gasteiger partial charge on any atom is -0.743 e. The average molecular weight is 766 g/mol. The highest BCUT2D eigenvalue weighted by atomic mass is 32.2. The van der Waals surface area contributed by atoms with Crippen LogP contribution in [0.15, 0.2) is 0 Å². The smallest absolute Gasteiger partial charge is 0.428 e. The van der Waals surface area contributed by atoms with E-state index in [-0.39, 0.29) is 69.0 Å². The van der Waals surface area contributed by atoms with Crippen LogP contribution in [0.5, 0.6) is 0 Å². The third-order valence-electron chi connectivity index (χ3n) is 16.3. The van der Waals surface area contributed by atoms with Crippen molar-refractivity contribution in [1.29, 1.82) is 0 Å². The number of alkyl halides is 2. The first-order valence-electron chi connectivity index (χ1n) is 20.2. The summed E-state index contributed by atoms with van der Waals surface area (Å²) in [6.07, 6.45) is 14.2. The van der Waals surface area contributed by atoms with Gasteiger partial charge in [-0.3, -0.25) is 9.59 Å². The summed E-state index contributed by atoms with van der Waals surface area (Å²) in [5, 5.41) is -5.19. The van der Waals surface area contributed by atoms with E-state index in [9.17, 15) is 36.1 Å². The molecule has 1 saturated heterocycles. The van der Waals surface area contributed by atoms with Crippen LogP contribution in [0, 0.1) is 69.5 Å². The van der Waals surface area contributed by atoms with Crippen LogP contribution < -0.4 is 0 Å². The molecule has 0 N–H and O–H groups in total. The topological polar surface area (TPSA) is 155 Å². The predicted molar refractivity (Wildman–Crippen MR) is 177 cm³/mol. The van der Waals surface area contributed by atoms with Gasteiger partial charge < -0.3 is 28.2 Å². The van der Waals surface area contributed by atoms with Gasteiger partial charge in [-0.2, -0.15) is 8.78 Å². The zero-order chi connectivity index (χ0) is 36.8. The molecule has 11 nitrogen and oxygen atoms in total. The average Bonchev–Trinajstić information content (AvgIpc) is 3.07. The van der Waals surface area contributed by atoms with E-state index in [4.69, 9.17) is 23.7 Å². The summed E-state index contributed by atoms with van der Waals surface area (Å²) in [5.74, 6) is -1.04. The van der Waals surface area contributed by atoms with Crippen LogP contribution in [0.3, 0.4) is 0 Å². The lowest BCUT2D eigenvalue weighted by Crippen LogP contribution is -2.70. The zero-order valence-corrected chi connectivity index (χ0v) is 31.0. The lowest BCUT2D eigenvalue weighted by atomic mass is 9.49. The number of rotatable bonds is 9. The molecule has 53 heavy (non-hydrogen) atoms. The van der Waals surface area contributed by atoms with Gasteiger partial charge in [-0.1, -0.05) is 0 Å². The highest BCUT2D eigenvalue weighted by Gasteiger charge is 2.69. The van der Waals surface area contributed by atoms with Crippen LogP contribution in [-0.2, 0) is 48.2 Å². The summed E-state index contributed by atoms with van der Waals surface area (Å²) in [6, 6.07) is 0. The first-order valence-corrected chi connectivity index (χ1v) is 21.6. The molecule has 1 aliphatic heterocycles. The Kier molecular flexibility index (Phi) is 7.76. The molecule has 0 aromatic carbocycles. The highest BCUT2D eigenvalue weighted by molar-refractivity contribution is 7.87. The van der Waals surface area contributed by atoms with Crippen LogP contribution in [0.25, 0.3) is 0 Å². The van der Waals surface area contributed by atoms with Crippen LogP contribution in [0.4, 0.5) is 8.78 Å². The van der Waals surface area contributed by atoms with Gasteiger partial charge in [0.1, 0.15) is 18.8 Å². The number of ether oxygens (including phenoxy) is 5. The molecule has 0 radical (unpaired) electrons. The molecule has 0 aromatic rings. The molecule has 12 saturated carbocycles. The molecule has 14 heteroatoms. The fourth-order valence-corrected chi connectivity index (χ4v) is 15.3. The second-order valence-corrected chi connectivity index (χ2v) is 21.7. The van der Waals surface area contributed by atoms with E-state index >= 15 is 0 Å². The second kappa shape index (κ2) is 11.6. The van der Waals surface area contributed by atoms with Crippen molar-refractivity contribution >= 4 is 28.0 Å². The summed E-state index contributed by atoms with van der Waals surface area (Å²) in [5.41, 5.74) is -3.23. The quantitative estimate of drug-likeness (QED) is 0.166. The molecule has 13 fully saturated rings. The van der Waals surface area contributed by atoms with Gasteiger partial charge >= 0.3 is 23.2 Å². The second-order valence-electron chi connectivity index (χ2n) is 20.2. The van der Waals surface area contributed by atoms with Gasteiger partial charge in [-0.25, -0.2) is 13.2 Å². The van der Waals surface area contributed by atoms with Crippen molar-refractivity contribution < 1.29 is 59.8 Å². The molecule has 12 aliphatic carbocycles. The molecule has 1 heterocycles. The van der Waals surface area contributed by atoms with Crippen LogP contribution in [0.2, 0.25) is 0 Å². The van der Waals surface area contributed by atoms with Gasteiger partial charge in [0.25, 0.3) is 0 Å². The molecule has 2 atom stereocenters. The van der Waals surface area contributed by atoms with E-state index < -0.39 is 49.0 Å². The fraction of sp³-hybridized carbons (Fsp3) is 0.923. The van der Waals surface area contributed by atoms with Crippen molar-refractivity contribution in [3.05, 3.63) is 0 Å². The Bertz CT molecular complexity index is 1530. The molecule has 294 valence electrons. The van der Waals surface area contributed by atoms with E-state index in [0.29, 0.717) is 54.8 Å². The van der Waals surface area contributed by atoms with Crippen LogP contribution in [0.1, 0.15) is 109 Å². The number of esters is 3. The van der Waals surface area contributed by atoms with Gasteiger partial charge in [-0.05, 0) is 151 Å². The maximum Gasteiger partial charge on any atom is 0.428 e. The van der Waals surface area contributed by atoms with Gasteiger partial charge in [-0.15, -0.1) is 0 Å². The Hall–Kier alpha value is -1.90. The monoisotopic (exact) mass is 765 g/mol. The van der Waals surface area contributed by atoms with Crippen LogP contribution >= 0.6 is 0 Å². The Morgan fingerprint density at radius 2 is 1.00 bits per heavy atom. The molecule has 13 aliphatic rings. The van der Waals surface area contributed by atoms with Gasteiger partial charge in [0.15, 0.2) is 15.9 Å². The van der Waals surface area contributed by atoms with E-state index in [0.717, 1.165) is 38.5 Å². The normalized spacial score (nSPS) is 50.1.